The predicted molar refractivity (Wildman–Crippen MR) is 107 cm³/mol. The van der Waals surface area contributed by atoms with Crippen molar-refractivity contribution in [3.63, 3.8) is 0 Å². The zero-order valence-corrected chi connectivity index (χ0v) is 17.1. The fraction of sp³-hybridized carbons (Fsp3) is 0.533. The SMILES string of the molecule is CN=C(NCc1nnc(C)n1C)N1CCN(c2ncccn2)CC1.I. The van der Waals surface area contributed by atoms with E-state index in [9.17, 15) is 0 Å². The summed E-state index contributed by atoms with van der Waals surface area (Å²) in [7, 11) is 3.77. The molecule has 0 amide bonds. The normalized spacial score (nSPS) is 15.1. The quantitative estimate of drug-likeness (QED) is 0.407. The van der Waals surface area contributed by atoms with Crippen LogP contribution in [0.1, 0.15) is 11.6 Å². The van der Waals surface area contributed by atoms with Crippen molar-refractivity contribution in [3.8, 4) is 0 Å². The first-order valence-corrected chi connectivity index (χ1v) is 8.01. The Balaban J connectivity index is 0.00000225. The number of aromatic nitrogens is 5. The van der Waals surface area contributed by atoms with Crippen LogP contribution in [0.2, 0.25) is 0 Å². The Morgan fingerprint density at radius 1 is 1.16 bits per heavy atom. The van der Waals surface area contributed by atoms with E-state index in [1.165, 1.54) is 0 Å². The van der Waals surface area contributed by atoms with Crippen molar-refractivity contribution in [3.05, 3.63) is 30.1 Å². The fourth-order valence-electron chi connectivity index (χ4n) is 2.67. The number of anilines is 1. The molecular weight excluding hydrogens is 433 g/mol. The van der Waals surface area contributed by atoms with Gasteiger partial charge in [-0.1, -0.05) is 0 Å². The summed E-state index contributed by atoms with van der Waals surface area (Å²) >= 11 is 0. The molecule has 1 N–H and O–H groups in total. The van der Waals surface area contributed by atoms with Crippen molar-refractivity contribution in [2.75, 3.05) is 38.1 Å². The van der Waals surface area contributed by atoms with E-state index in [-0.39, 0.29) is 24.0 Å². The van der Waals surface area contributed by atoms with Gasteiger partial charge in [0, 0.05) is 52.7 Å². The summed E-state index contributed by atoms with van der Waals surface area (Å²) in [6.07, 6.45) is 3.55. The number of aryl methyl sites for hydroxylation is 1. The third-order valence-electron chi connectivity index (χ3n) is 4.21. The average Bonchev–Trinajstić information content (AvgIpc) is 2.96. The van der Waals surface area contributed by atoms with Crippen LogP contribution in [0.4, 0.5) is 5.95 Å². The third-order valence-corrected chi connectivity index (χ3v) is 4.21. The van der Waals surface area contributed by atoms with Crippen LogP contribution >= 0.6 is 24.0 Å². The Bertz CT molecular complexity index is 692. The molecule has 1 aliphatic rings. The zero-order valence-electron chi connectivity index (χ0n) is 14.8. The summed E-state index contributed by atoms with van der Waals surface area (Å²) in [6, 6.07) is 1.83. The second-order valence-electron chi connectivity index (χ2n) is 5.65. The lowest BCUT2D eigenvalue weighted by atomic mass is 10.3. The third kappa shape index (κ3) is 4.55. The van der Waals surface area contributed by atoms with Crippen molar-refractivity contribution in [2.45, 2.75) is 13.5 Å². The van der Waals surface area contributed by atoms with Gasteiger partial charge < -0.3 is 19.7 Å². The van der Waals surface area contributed by atoms with Crippen LogP contribution < -0.4 is 10.2 Å². The van der Waals surface area contributed by atoms with Gasteiger partial charge in [0.15, 0.2) is 11.8 Å². The minimum atomic E-state index is 0. The summed E-state index contributed by atoms with van der Waals surface area (Å²) in [6.45, 7) is 6.02. The van der Waals surface area contributed by atoms with Gasteiger partial charge >= 0.3 is 0 Å². The minimum Gasteiger partial charge on any atom is -0.349 e. The highest BCUT2D eigenvalue weighted by Gasteiger charge is 2.21. The predicted octanol–water partition coefficient (Wildman–Crippen LogP) is 0.429. The molecule has 1 fully saturated rings. The van der Waals surface area contributed by atoms with E-state index in [0.29, 0.717) is 6.54 Å². The molecule has 0 radical (unpaired) electrons. The number of rotatable bonds is 3. The number of halogens is 1. The Kier molecular flexibility index (Phi) is 6.91. The van der Waals surface area contributed by atoms with Crippen LogP contribution in [-0.4, -0.2) is 68.8 Å². The van der Waals surface area contributed by atoms with Gasteiger partial charge in [-0.25, -0.2) is 9.97 Å². The lowest BCUT2D eigenvalue weighted by molar-refractivity contribution is 0.369. The average molecular weight is 457 g/mol. The van der Waals surface area contributed by atoms with Gasteiger partial charge in [-0.2, -0.15) is 0 Å². The molecule has 2 aromatic rings. The van der Waals surface area contributed by atoms with Crippen LogP contribution in [0.25, 0.3) is 0 Å². The molecule has 25 heavy (non-hydrogen) atoms. The fourth-order valence-corrected chi connectivity index (χ4v) is 2.67. The molecule has 0 aromatic carbocycles. The Morgan fingerprint density at radius 3 is 2.40 bits per heavy atom. The van der Waals surface area contributed by atoms with Crippen molar-refractivity contribution in [1.29, 1.82) is 0 Å². The molecule has 3 heterocycles. The number of nitrogens with one attached hydrogen (secondary N) is 1. The minimum absolute atomic E-state index is 0. The molecule has 136 valence electrons. The molecule has 0 unspecified atom stereocenters. The van der Waals surface area contributed by atoms with Crippen molar-refractivity contribution in [2.24, 2.45) is 12.0 Å². The van der Waals surface area contributed by atoms with Crippen LogP contribution in [-0.2, 0) is 13.6 Å². The van der Waals surface area contributed by atoms with Crippen LogP contribution in [0.3, 0.4) is 0 Å². The molecule has 0 aliphatic carbocycles. The van der Waals surface area contributed by atoms with Crippen LogP contribution in [0, 0.1) is 6.92 Å². The van der Waals surface area contributed by atoms with Crippen molar-refractivity contribution in [1.82, 2.24) is 34.9 Å². The van der Waals surface area contributed by atoms with Gasteiger partial charge in [-0.15, -0.1) is 34.2 Å². The van der Waals surface area contributed by atoms with Gasteiger partial charge in [-0.05, 0) is 13.0 Å². The van der Waals surface area contributed by atoms with E-state index in [0.717, 1.165) is 49.7 Å². The molecule has 9 nitrogen and oxygen atoms in total. The molecule has 0 bridgehead atoms. The molecule has 1 aliphatic heterocycles. The molecule has 3 rings (SSSR count). The summed E-state index contributed by atoms with van der Waals surface area (Å²) < 4.78 is 1.98. The highest BCUT2D eigenvalue weighted by atomic mass is 127. The first kappa shape index (κ1) is 19.3. The van der Waals surface area contributed by atoms with Crippen molar-refractivity contribution >= 4 is 35.9 Å². The molecule has 0 atom stereocenters. The van der Waals surface area contributed by atoms with Gasteiger partial charge in [0.05, 0.1) is 6.54 Å². The highest BCUT2D eigenvalue weighted by molar-refractivity contribution is 14.0. The summed E-state index contributed by atoms with van der Waals surface area (Å²) in [5.41, 5.74) is 0. The molecule has 2 aromatic heterocycles. The van der Waals surface area contributed by atoms with E-state index in [4.69, 9.17) is 0 Å². The van der Waals surface area contributed by atoms with Crippen molar-refractivity contribution < 1.29 is 0 Å². The monoisotopic (exact) mass is 457 g/mol. The van der Waals surface area contributed by atoms with Gasteiger partial charge in [0.25, 0.3) is 0 Å². The molecule has 0 spiro atoms. The molecular formula is C15H24IN9. The smallest absolute Gasteiger partial charge is 0.225 e. The second-order valence-corrected chi connectivity index (χ2v) is 5.65. The standard InChI is InChI=1S/C15H23N9.HI/c1-12-20-21-13(22(12)3)11-19-14(16-2)23-7-9-24(10-8-23)15-17-5-4-6-18-15;/h4-6H,7-11H2,1-3H3,(H,16,19);1H. The number of nitrogens with zero attached hydrogens (tertiary/aromatic N) is 8. The Hall–Kier alpha value is -1.98. The van der Waals surface area contributed by atoms with Crippen LogP contribution in [0.5, 0.6) is 0 Å². The van der Waals surface area contributed by atoms with Gasteiger partial charge in [0.1, 0.15) is 5.82 Å². The highest BCUT2D eigenvalue weighted by Crippen LogP contribution is 2.10. The zero-order chi connectivity index (χ0) is 16.9. The number of aliphatic imine (C=N–C) groups is 1. The molecule has 10 heteroatoms. The Morgan fingerprint density at radius 2 is 1.84 bits per heavy atom. The summed E-state index contributed by atoms with van der Waals surface area (Å²) in [4.78, 5) is 17.4. The maximum atomic E-state index is 4.39. The molecule has 0 saturated carbocycles. The van der Waals surface area contributed by atoms with E-state index in [1.54, 1.807) is 19.4 Å². The summed E-state index contributed by atoms with van der Waals surface area (Å²) in [5, 5.41) is 11.6. The number of hydrogen-bond acceptors (Lipinski definition) is 6. The van der Waals surface area contributed by atoms with Gasteiger partial charge in [-0.3, -0.25) is 4.99 Å². The maximum Gasteiger partial charge on any atom is 0.225 e. The summed E-state index contributed by atoms with van der Waals surface area (Å²) in [5.74, 6) is 3.46. The topological polar surface area (TPSA) is 87.4 Å². The largest absolute Gasteiger partial charge is 0.349 e. The number of guanidine groups is 1. The van der Waals surface area contributed by atoms with E-state index >= 15 is 0 Å². The first-order valence-electron chi connectivity index (χ1n) is 8.01. The maximum absolute atomic E-state index is 4.39. The Labute approximate surface area is 164 Å². The second kappa shape index (κ2) is 8.92. The van der Waals surface area contributed by atoms with Gasteiger partial charge in [0.2, 0.25) is 5.95 Å². The number of hydrogen-bond donors (Lipinski definition) is 1. The lowest BCUT2D eigenvalue weighted by Gasteiger charge is -2.36. The van der Waals surface area contributed by atoms with E-state index in [1.807, 2.05) is 24.6 Å². The molecule has 1 saturated heterocycles. The van der Waals surface area contributed by atoms with Crippen LogP contribution in [0.15, 0.2) is 23.5 Å². The first-order chi connectivity index (χ1) is 11.7. The number of piperazine rings is 1. The lowest BCUT2D eigenvalue weighted by Crippen LogP contribution is -2.52. The van der Waals surface area contributed by atoms with E-state index in [2.05, 4.69) is 40.3 Å². The van der Waals surface area contributed by atoms with E-state index < -0.39 is 0 Å².